The first-order valence-electron chi connectivity index (χ1n) is 3.63. The molecule has 0 radical (unpaired) electrons. The van der Waals surface area contributed by atoms with E-state index in [1.165, 1.54) is 0 Å². The fraction of sp³-hybridized carbons (Fsp3) is 0.222. The normalized spacial score (nSPS) is 9.92. The molecule has 64 valence electrons. The van der Waals surface area contributed by atoms with E-state index in [9.17, 15) is 4.79 Å². The lowest BCUT2D eigenvalue weighted by atomic mass is 10.1. The average molecular weight is 295 g/mol. The summed E-state index contributed by atoms with van der Waals surface area (Å²) in [4.78, 5) is 11.2. The number of Topliss-reactive ketones (excluding diaryl/α,β-unsaturated/α-hetero) is 1. The van der Waals surface area contributed by atoms with Gasteiger partial charge >= 0.3 is 0 Å². The zero-order valence-corrected chi connectivity index (χ0v) is 9.52. The molecule has 1 nitrogen and oxygen atoms in total. The fourth-order valence-corrected chi connectivity index (χ4v) is 1.51. The Hall–Kier alpha value is -0.0900. The molecule has 1 rings (SSSR count). The van der Waals surface area contributed by atoms with Gasteiger partial charge < -0.3 is 0 Å². The molecule has 3 heteroatoms. The quantitative estimate of drug-likeness (QED) is 0.602. The summed E-state index contributed by atoms with van der Waals surface area (Å²) in [6.07, 6.45) is 0.539. The van der Waals surface area contributed by atoms with Crippen molar-refractivity contribution in [1.82, 2.24) is 0 Å². The van der Waals surface area contributed by atoms with Crippen LogP contribution in [0.4, 0.5) is 0 Å². The Morgan fingerprint density at radius 1 is 1.58 bits per heavy atom. The van der Waals surface area contributed by atoms with Crippen LogP contribution in [-0.2, 0) is 0 Å². The van der Waals surface area contributed by atoms with Crippen molar-refractivity contribution < 1.29 is 4.79 Å². The van der Waals surface area contributed by atoms with Gasteiger partial charge in [-0.1, -0.05) is 18.5 Å². The van der Waals surface area contributed by atoms with Crippen LogP contribution in [0.5, 0.6) is 0 Å². The van der Waals surface area contributed by atoms with E-state index in [0.29, 0.717) is 11.4 Å². The molecular formula is C9H8ClIO. The van der Waals surface area contributed by atoms with Gasteiger partial charge in [-0.15, -0.1) is 0 Å². The highest BCUT2D eigenvalue weighted by atomic mass is 127. The van der Waals surface area contributed by atoms with Crippen molar-refractivity contribution in [3.8, 4) is 0 Å². The van der Waals surface area contributed by atoms with E-state index in [-0.39, 0.29) is 5.78 Å². The number of halogens is 2. The standard InChI is InChI=1S/C9H8ClIO/c1-2-9(12)6-3-4-7(10)8(11)5-6/h3-5H,2H2,1H3. The maximum atomic E-state index is 11.2. The first-order chi connectivity index (χ1) is 5.65. The smallest absolute Gasteiger partial charge is 0.162 e. The van der Waals surface area contributed by atoms with Crippen LogP contribution in [0.15, 0.2) is 18.2 Å². The summed E-state index contributed by atoms with van der Waals surface area (Å²) in [5, 5.41) is 0.697. The van der Waals surface area contributed by atoms with Gasteiger partial charge in [-0.25, -0.2) is 0 Å². The van der Waals surface area contributed by atoms with Gasteiger partial charge in [-0.05, 0) is 40.8 Å². The van der Waals surface area contributed by atoms with Crippen LogP contribution in [0.25, 0.3) is 0 Å². The van der Waals surface area contributed by atoms with Crippen molar-refractivity contribution in [2.75, 3.05) is 0 Å². The Labute approximate surface area is 90.3 Å². The van der Waals surface area contributed by atoms with Crippen LogP contribution in [0, 0.1) is 3.57 Å². The summed E-state index contributed by atoms with van der Waals surface area (Å²) in [6.45, 7) is 1.85. The Morgan fingerprint density at radius 2 is 2.25 bits per heavy atom. The van der Waals surface area contributed by atoms with E-state index in [1.54, 1.807) is 12.1 Å². The maximum absolute atomic E-state index is 11.2. The maximum Gasteiger partial charge on any atom is 0.162 e. The van der Waals surface area contributed by atoms with E-state index in [4.69, 9.17) is 11.6 Å². The average Bonchev–Trinajstić information content (AvgIpc) is 2.08. The van der Waals surface area contributed by atoms with Crippen molar-refractivity contribution in [1.29, 1.82) is 0 Å². The molecular weight excluding hydrogens is 286 g/mol. The third-order valence-corrected chi connectivity index (χ3v) is 3.10. The summed E-state index contributed by atoms with van der Waals surface area (Å²) in [6, 6.07) is 5.33. The highest BCUT2D eigenvalue weighted by molar-refractivity contribution is 14.1. The largest absolute Gasteiger partial charge is 0.294 e. The molecule has 0 amide bonds. The van der Waals surface area contributed by atoms with Gasteiger partial charge in [0.1, 0.15) is 0 Å². The zero-order chi connectivity index (χ0) is 9.14. The molecule has 0 unspecified atom stereocenters. The third kappa shape index (κ3) is 2.20. The zero-order valence-electron chi connectivity index (χ0n) is 6.60. The Kier molecular flexibility index (Phi) is 3.53. The molecule has 1 aromatic rings. The molecule has 0 N–H and O–H groups in total. The van der Waals surface area contributed by atoms with Gasteiger partial charge in [-0.3, -0.25) is 4.79 Å². The lowest BCUT2D eigenvalue weighted by molar-refractivity contribution is 0.0988. The van der Waals surface area contributed by atoms with Crippen LogP contribution in [0.3, 0.4) is 0 Å². The number of hydrogen-bond acceptors (Lipinski definition) is 1. The van der Waals surface area contributed by atoms with Crippen LogP contribution >= 0.6 is 34.2 Å². The van der Waals surface area contributed by atoms with E-state index in [2.05, 4.69) is 22.6 Å². The third-order valence-electron chi connectivity index (χ3n) is 1.56. The summed E-state index contributed by atoms with van der Waals surface area (Å²) in [7, 11) is 0. The first-order valence-corrected chi connectivity index (χ1v) is 5.09. The highest BCUT2D eigenvalue weighted by Crippen LogP contribution is 2.19. The molecule has 12 heavy (non-hydrogen) atoms. The first kappa shape index (κ1) is 9.99. The summed E-state index contributed by atoms with van der Waals surface area (Å²) in [5.74, 6) is 0.157. The monoisotopic (exact) mass is 294 g/mol. The molecule has 0 bridgehead atoms. The molecule has 0 spiro atoms. The van der Waals surface area contributed by atoms with E-state index in [0.717, 1.165) is 9.13 Å². The predicted octanol–water partition coefficient (Wildman–Crippen LogP) is 3.54. The van der Waals surface area contributed by atoms with Crippen molar-refractivity contribution in [2.24, 2.45) is 0 Å². The fourth-order valence-electron chi connectivity index (χ4n) is 0.874. The summed E-state index contributed by atoms with van der Waals surface area (Å²) >= 11 is 7.93. The molecule has 1 aromatic carbocycles. The van der Waals surface area contributed by atoms with Gasteiger partial charge in [0.2, 0.25) is 0 Å². The lowest BCUT2D eigenvalue weighted by Gasteiger charge is -1.99. The summed E-state index contributed by atoms with van der Waals surface area (Å²) in [5.41, 5.74) is 0.742. The Morgan fingerprint density at radius 3 is 2.75 bits per heavy atom. The molecule has 0 aliphatic carbocycles. The molecule has 0 heterocycles. The molecule has 0 saturated heterocycles. The number of carbonyl (C=O) groups excluding carboxylic acids is 1. The van der Waals surface area contributed by atoms with Crippen molar-refractivity contribution in [3.05, 3.63) is 32.4 Å². The lowest BCUT2D eigenvalue weighted by Crippen LogP contribution is -1.96. The molecule has 0 saturated carbocycles. The number of rotatable bonds is 2. The molecule has 0 aliphatic heterocycles. The number of ketones is 1. The minimum Gasteiger partial charge on any atom is -0.294 e. The van der Waals surface area contributed by atoms with Gasteiger partial charge in [-0.2, -0.15) is 0 Å². The second kappa shape index (κ2) is 4.23. The Balaban J connectivity index is 3.05. The molecule has 0 aromatic heterocycles. The highest BCUT2D eigenvalue weighted by Gasteiger charge is 2.04. The van der Waals surface area contributed by atoms with E-state index >= 15 is 0 Å². The van der Waals surface area contributed by atoms with Gasteiger partial charge in [0.25, 0.3) is 0 Å². The number of benzene rings is 1. The van der Waals surface area contributed by atoms with Gasteiger partial charge in [0.15, 0.2) is 5.78 Å². The SMILES string of the molecule is CCC(=O)c1ccc(Cl)c(I)c1. The van der Waals surface area contributed by atoms with Crippen molar-refractivity contribution in [2.45, 2.75) is 13.3 Å². The van der Waals surface area contributed by atoms with Crippen LogP contribution in [-0.4, -0.2) is 5.78 Å². The second-order valence-electron chi connectivity index (χ2n) is 2.41. The topological polar surface area (TPSA) is 17.1 Å². The molecule has 0 fully saturated rings. The number of hydrogen-bond donors (Lipinski definition) is 0. The van der Waals surface area contributed by atoms with Crippen LogP contribution in [0.2, 0.25) is 5.02 Å². The van der Waals surface area contributed by atoms with Gasteiger partial charge in [0, 0.05) is 15.6 Å². The second-order valence-corrected chi connectivity index (χ2v) is 3.98. The van der Waals surface area contributed by atoms with E-state index in [1.807, 2.05) is 13.0 Å². The van der Waals surface area contributed by atoms with E-state index < -0.39 is 0 Å². The predicted molar refractivity (Wildman–Crippen MR) is 58.8 cm³/mol. The molecule has 0 aliphatic rings. The minimum atomic E-state index is 0.157. The minimum absolute atomic E-state index is 0.157. The Bertz CT molecular complexity index is 309. The van der Waals surface area contributed by atoms with Gasteiger partial charge in [0.05, 0.1) is 5.02 Å². The summed E-state index contributed by atoms with van der Waals surface area (Å²) < 4.78 is 0.925. The number of carbonyl (C=O) groups is 1. The van der Waals surface area contributed by atoms with Crippen LogP contribution < -0.4 is 0 Å². The van der Waals surface area contributed by atoms with Crippen molar-refractivity contribution >= 4 is 40.0 Å². The molecule has 0 atom stereocenters. The van der Waals surface area contributed by atoms with Crippen molar-refractivity contribution in [3.63, 3.8) is 0 Å². The van der Waals surface area contributed by atoms with Crippen LogP contribution in [0.1, 0.15) is 23.7 Å².